The molecule has 1 fully saturated rings. The van der Waals surface area contributed by atoms with Crippen molar-refractivity contribution in [2.45, 2.75) is 135 Å². The van der Waals surface area contributed by atoms with Crippen LogP contribution in [0.3, 0.4) is 0 Å². The molecule has 4 atom stereocenters. The van der Waals surface area contributed by atoms with Crippen LogP contribution in [0.5, 0.6) is 0 Å². The average molecular weight is 644 g/mol. The van der Waals surface area contributed by atoms with E-state index in [1.807, 2.05) is 0 Å². The second kappa shape index (κ2) is 14.1. The molecule has 2 aromatic rings. The summed E-state index contributed by atoms with van der Waals surface area (Å²) in [6.07, 6.45) is 5.17. The number of aliphatic hydroxyl groups is 1. The van der Waals surface area contributed by atoms with Gasteiger partial charge in [0, 0.05) is 30.3 Å². The predicted octanol–water partition coefficient (Wildman–Crippen LogP) is 8.68. The number of carbonyl (C=O) groups is 1. The van der Waals surface area contributed by atoms with Gasteiger partial charge in [-0.15, -0.1) is 0 Å². The minimum Gasteiger partial charge on any atom is -0.460 e. The molecule has 8 nitrogen and oxygen atoms in total. The van der Waals surface area contributed by atoms with Crippen LogP contribution in [0.2, 0.25) is 34.8 Å². The zero-order chi connectivity index (χ0) is 33.2. The summed E-state index contributed by atoms with van der Waals surface area (Å²) in [5.41, 5.74) is 2.81. The largest absolute Gasteiger partial charge is 0.460 e. The summed E-state index contributed by atoms with van der Waals surface area (Å²) >= 11 is 0. The van der Waals surface area contributed by atoms with E-state index in [0.29, 0.717) is 45.7 Å². The first-order chi connectivity index (χ1) is 20.3. The van der Waals surface area contributed by atoms with Gasteiger partial charge in [-0.25, -0.2) is 9.97 Å². The number of aliphatic hydroxyl groups excluding tert-OH is 1. The van der Waals surface area contributed by atoms with Crippen LogP contribution in [0.25, 0.3) is 0 Å². The van der Waals surface area contributed by atoms with Crippen LogP contribution in [0.15, 0.2) is 41.4 Å². The summed E-state index contributed by atoms with van der Waals surface area (Å²) in [5.74, 6) is 0.468. The highest BCUT2D eigenvalue weighted by atomic mass is 28.4. The molecule has 1 aliphatic carbocycles. The van der Waals surface area contributed by atoms with Crippen LogP contribution in [0.4, 0.5) is 5.82 Å². The molecule has 0 aliphatic heterocycles. The van der Waals surface area contributed by atoms with Crippen molar-refractivity contribution in [1.82, 2.24) is 9.97 Å². The van der Waals surface area contributed by atoms with Gasteiger partial charge in [-0.3, -0.25) is 4.79 Å². The molecule has 2 aromatic heterocycles. The summed E-state index contributed by atoms with van der Waals surface area (Å²) in [6, 6.07) is 1.60. The van der Waals surface area contributed by atoms with E-state index < -0.39 is 22.7 Å². The molecule has 2 N–H and O–H groups in total. The molecule has 0 spiro atoms. The molecule has 1 saturated carbocycles. The normalized spacial score (nSPS) is 20.5. The van der Waals surface area contributed by atoms with Gasteiger partial charge in [0.25, 0.3) is 0 Å². The maximum absolute atomic E-state index is 13.5. The lowest BCUT2D eigenvalue weighted by atomic mass is 10.1. The highest BCUT2D eigenvalue weighted by molar-refractivity contribution is 6.77. The molecule has 0 amide bonds. The molecular formula is C34H57N3O5Si2. The van der Waals surface area contributed by atoms with E-state index in [1.54, 1.807) is 13.0 Å². The van der Waals surface area contributed by atoms with E-state index in [9.17, 15) is 9.90 Å². The quantitative estimate of drug-likeness (QED) is 0.120. The third kappa shape index (κ3) is 7.81. The highest BCUT2D eigenvalue weighted by Gasteiger charge is 2.50. The molecule has 0 aromatic carbocycles. The Labute approximate surface area is 267 Å². The molecular weight excluding hydrogens is 587 g/mol. The Morgan fingerprint density at radius 1 is 1.14 bits per heavy atom. The third-order valence-electron chi connectivity index (χ3n) is 10.1. The van der Waals surface area contributed by atoms with Crippen molar-refractivity contribution in [1.29, 1.82) is 0 Å². The number of nitrogens with zero attached hydrogens (tertiary/aromatic N) is 2. The van der Waals surface area contributed by atoms with Crippen molar-refractivity contribution >= 4 is 28.2 Å². The van der Waals surface area contributed by atoms with Crippen molar-refractivity contribution in [3.05, 3.63) is 53.9 Å². The van der Waals surface area contributed by atoms with Crippen molar-refractivity contribution in [2.24, 2.45) is 5.92 Å². The van der Waals surface area contributed by atoms with Crippen molar-refractivity contribution < 1.29 is 23.2 Å². The minimum atomic E-state index is -2.15. The lowest BCUT2D eigenvalue weighted by molar-refractivity contribution is 0.0971. The summed E-state index contributed by atoms with van der Waals surface area (Å²) < 4.78 is 19.7. The van der Waals surface area contributed by atoms with Gasteiger partial charge in [0.05, 0.1) is 17.9 Å². The van der Waals surface area contributed by atoms with E-state index in [4.69, 9.17) is 13.3 Å². The smallest absolute Gasteiger partial charge is 0.233 e. The van der Waals surface area contributed by atoms with E-state index in [1.165, 1.54) is 18.8 Å². The topological polar surface area (TPSA) is 107 Å². The maximum atomic E-state index is 13.5. The first-order valence-corrected chi connectivity index (χ1v) is 21.2. The van der Waals surface area contributed by atoms with Gasteiger partial charge in [0.15, 0.2) is 14.1 Å². The second-order valence-corrected chi connectivity index (χ2v) is 25.4. The fraction of sp³-hybridized carbons (Fsp3) is 0.676. The Bertz CT molecular complexity index is 1260. The molecule has 10 heteroatoms. The number of rotatable bonds is 14. The standard InChI is InChI=1S/C34H57N3O5Si2/c1-21(2)31(38)26-15-30(40-18-26)32(39)28-17-35-20-36-33(28)37-27-14-25(19-41-43(12,13)34(9,10)11)29(16-27)42-44(22(3)4,23(5)6)24(7)8/h15,17-18,20,22-25,27,29,31,38H,1,14,16,19H2,2-13H3,(H,35,36,37)/t25-,27-,29+,31+/m1/s1. The molecule has 0 saturated heterocycles. The fourth-order valence-corrected chi connectivity index (χ4v) is 13.3. The molecule has 2 heterocycles. The third-order valence-corrected chi connectivity index (χ3v) is 20.7. The molecule has 246 valence electrons. The molecule has 1 aliphatic rings. The van der Waals surface area contributed by atoms with Gasteiger partial charge in [-0.05, 0) is 66.2 Å². The number of anilines is 1. The van der Waals surface area contributed by atoms with E-state index in [-0.39, 0.29) is 34.6 Å². The van der Waals surface area contributed by atoms with Gasteiger partial charge < -0.3 is 23.7 Å². The number of nitrogens with one attached hydrogen (secondary N) is 1. The van der Waals surface area contributed by atoms with Gasteiger partial charge in [0.2, 0.25) is 14.1 Å². The van der Waals surface area contributed by atoms with Gasteiger partial charge in [0.1, 0.15) is 18.2 Å². The van der Waals surface area contributed by atoms with E-state index in [0.717, 1.165) is 12.8 Å². The Kier molecular flexibility index (Phi) is 11.7. The monoisotopic (exact) mass is 643 g/mol. The Balaban J connectivity index is 1.90. The average Bonchev–Trinajstić information content (AvgIpc) is 3.56. The first-order valence-electron chi connectivity index (χ1n) is 16.2. The van der Waals surface area contributed by atoms with Gasteiger partial charge in [-0.2, -0.15) is 0 Å². The van der Waals surface area contributed by atoms with Crippen LogP contribution >= 0.6 is 0 Å². The van der Waals surface area contributed by atoms with Crippen molar-refractivity contribution in [2.75, 3.05) is 11.9 Å². The fourth-order valence-electron chi connectivity index (χ4n) is 6.56. The number of hydrogen-bond donors (Lipinski definition) is 2. The van der Waals surface area contributed by atoms with Crippen LogP contribution in [-0.4, -0.2) is 56.2 Å². The Morgan fingerprint density at radius 2 is 1.75 bits per heavy atom. The van der Waals surface area contributed by atoms with E-state index >= 15 is 0 Å². The van der Waals surface area contributed by atoms with Crippen LogP contribution in [0, 0.1) is 5.92 Å². The summed E-state index contributed by atoms with van der Waals surface area (Å²) in [4.78, 5) is 22.2. The maximum Gasteiger partial charge on any atom is 0.233 e. The predicted molar refractivity (Wildman–Crippen MR) is 183 cm³/mol. The van der Waals surface area contributed by atoms with E-state index in [2.05, 4.69) is 97.3 Å². The van der Waals surface area contributed by atoms with Crippen molar-refractivity contribution in [3.63, 3.8) is 0 Å². The summed E-state index contributed by atoms with van der Waals surface area (Å²) in [6.45, 7) is 31.6. The minimum absolute atomic E-state index is 0.0463. The lowest BCUT2D eigenvalue weighted by Crippen LogP contribution is -2.51. The first kappa shape index (κ1) is 36.4. The van der Waals surface area contributed by atoms with Crippen LogP contribution in [0.1, 0.15) is 110 Å². The van der Waals surface area contributed by atoms with Crippen LogP contribution < -0.4 is 5.32 Å². The zero-order valence-electron chi connectivity index (χ0n) is 29.2. The molecule has 0 bridgehead atoms. The highest BCUT2D eigenvalue weighted by Crippen LogP contribution is 2.46. The number of ketones is 1. The SMILES string of the molecule is C=C(C)[C@H](O)c1coc(C(=O)c2cncnc2N[C@@H]2C[C@H](CO[Si](C)(C)C(C)(C)C)[C@@H](O[Si](C(C)C)(C(C)C)C(C)C)C2)c1. The van der Waals surface area contributed by atoms with Crippen LogP contribution in [-0.2, 0) is 8.85 Å². The lowest BCUT2D eigenvalue weighted by Gasteiger charge is -2.45. The Morgan fingerprint density at radius 3 is 2.30 bits per heavy atom. The summed E-state index contributed by atoms with van der Waals surface area (Å²) in [5, 5.41) is 14.1. The Hall–Kier alpha value is -2.12. The van der Waals surface area contributed by atoms with Gasteiger partial charge >= 0.3 is 0 Å². The zero-order valence-corrected chi connectivity index (χ0v) is 31.2. The van der Waals surface area contributed by atoms with Crippen molar-refractivity contribution in [3.8, 4) is 0 Å². The number of hydrogen-bond acceptors (Lipinski definition) is 8. The molecule has 44 heavy (non-hydrogen) atoms. The number of furan rings is 1. The molecule has 0 radical (unpaired) electrons. The number of aromatic nitrogens is 2. The summed E-state index contributed by atoms with van der Waals surface area (Å²) in [7, 11) is -4.11. The molecule has 0 unspecified atom stereocenters. The number of carbonyl (C=O) groups excluding carboxylic acids is 1. The second-order valence-electron chi connectivity index (χ2n) is 15.2. The van der Waals surface area contributed by atoms with Gasteiger partial charge in [-0.1, -0.05) is 68.9 Å². The molecule has 3 rings (SSSR count).